The fourth-order valence-corrected chi connectivity index (χ4v) is 2.12. The molecule has 2 aromatic rings. The largest absolute Gasteiger partial charge is 0.255 e. The van der Waals surface area contributed by atoms with Crippen LogP contribution in [-0.4, -0.2) is 4.98 Å². The Morgan fingerprint density at radius 1 is 1.21 bits per heavy atom. The van der Waals surface area contributed by atoms with Crippen LogP contribution in [0.4, 0.5) is 0 Å². The van der Waals surface area contributed by atoms with E-state index in [4.69, 9.17) is 0 Å². The zero-order valence-electron chi connectivity index (χ0n) is 7.68. The van der Waals surface area contributed by atoms with Crippen LogP contribution in [0.2, 0.25) is 0 Å². The first-order valence-corrected chi connectivity index (χ1v) is 5.19. The molecular formula is C12H10NS. The Balaban J connectivity index is 2.34. The average Bonchev–Trinajstić information content (AvgIpc) is 2.68. The third kappa shape index (κ3) is 1.91. The first kappa shape index (κ1) is 9.16. The van der Waals surface area contributed by atoms with E-state index < -0.39 is 0 Å². The van der Waals surface area contributed by atoms with Crippen LogP contribution in [0.3, 0.4) is 0 Å². The van der Waals surface area contributed by atoms with E-state index in [1.54, 1.807) is 17.4 Å². The van der Waals surface area contributed by atoms with Crippen LogP contribution in [-0.2, 0) is 0 Å². The minimum Gasteiger partial charge on any atom is -0.255 e. The van der Waals surface area contributed by atoms with Crippen molar-refractivity contribution in [2.75, 3.05) is 0 Å². The van der Waals surface area contributed by atoms with Gasteiger partial charge in [-0.05, 0) is 37.3 Å². The van der Waals surface area contributed by atoms with E-state index in [9.17, 15) is 0 Å². The summed E-state index contributed by atoms with van der Waals surface area (Å²) in [6.07, 6.45) is 5.61. The smallest absolute Gasteiger partial charge is 0.0801 e. The summed E-state index contributed by atoms with van der Waals surface area (Å²) in [6, 6.07) is 10.1. The predicted octanol–water partition coefficient (Wildman–Crippen LogP) is 3.66. The molecule has 14 heavy (non-hydrogen) atoms. The molecule has 0 aliphatic heterocycles. The zero-order valence-corrected chi connectivity index (χ0v) is 8.50. The fourth-order valence-electron chi connectivity index (χ4n) is 1.20. The Kier molecular flexibility index (Phi) is 2.75. The van der Waals surface area contributed by atoms with Gasteiger partial charge < -0.3 is 0 Å². The molecule has 0 atom stereocenters. The lowest BCUT2D eigenvalue weighted by Gasteiger charge is -1.92. The van der Waals surface area contributed by atoms with Gasteiger partial charge in [-0.1, -0.05) is 12.1 Å². The molecule has 2 heterocycles. The Hall–Kier alpha value is -1.41. The monoisotopic (exact) mass is 200 g/mol. The van der Waals surface area contributed by atoms with Crippen LogP contribution in [0.5, 0.6) is 0 Å². The maximum Gasteiger partial charge on any atom is 0.0801 e. The molecule has 0 aliphatic carbocycles. The van der Waals surface area contributed by atoms with E-state index in [2.05, 4.69) is 24.0 Å². The first-order chi connectivity index (χ1) is 6.90. The molecule has 69 valence electrons. The van der Waals surface area contributed by atoms with Crippen LogP contribution in [0, 0.1) is 6.92 Å². The lowest BCUT2D eigenvalue weighted by molar-refractivity contribution is 1.34. The summed E-state index contributed by atoms with van der Waals surface area (Å²) in [5, 5.41) is 0. The van der Waals surface area contributed by atoms with Gasteiger partial charge in [0.15, 0.2) is 0 Å². The quantitative estimate of drug-likeness (QED) is 0.721. The molecule has 0 saturated heterocycles. The Labute approximate surface area is 87.8 Å². The second-order valence-corrected chi connectivity index (χ2v) is 3.93. The number of allylic oxidation sites excluding steroid dienone is 1. The van der Waals surface area contributed by atoms with Crippen molar-refractivity contribution < 1.29 is 0 Å². The van der Waals surface area contributed by atoms with Gasteiger partial charge in [-0.3, -0.25) is 4.98 Å². The molecule has 2 rings (SSSR count). The molecule has 2 aromatic heterocycles. The third-order valence-electron chi connectivity index (χ3n) is 1.83. The molecular weight excluding hydrogens is 190 g/mol. The standard InChI is InChI=1S/C12H10NS/c1-2-5-10-7-8-12(14-10)11-6-3-4-9-13-11/h2-9H,1H2. The molecule has 0 saturated carbocycles. The number of nitrogens with zero attached hydrogens (tertiary/aromatic N) is 1. The number of hydrogen-bond acceptors (Lipinski definition) is 2. The predicted molar refractivity (Wildman–Crippen MR) is 61.9 cm³/mol. The van der Waals surface area contributed by atoms with Crippen molar-refractivity contribution in [3.05, 3.63) is 54.4 Å². The lowest BCUT2D eigenvalue weighted by atomic mass is 10.3. The number of pyridine rings is 1. The Morgan fingerprint density at radius 2 is 2.14 bits per heavy atom. The third-order valence-corrected chi connectivity index (χ3v) is 2.90. The number of rotatable bonds is 2. The van der Waals surface area contributed by atoms with Crippen LogP contribution in [0.15, 0.2) is 42.6 Å². The molecule has 0 fully saturated rings. The highest BCUT2D eigenvalue weighted by Gasteiger charge is 2.00. The topological polar surface area (TPSA) is 12.9 Å². The molecule has 1 radical (unpaired) electrons. The van der Waals surface area contributed by atoms with Crippen molar-refractivity contribution >= 4 is 17.4 Å². The molecule has 0 aromatic carbocycles. The van der Waals surface area contributed by atoms with Gasteiger partial charge in [-0.15, -0.1) is 11.3 Å². The van der Waals surface area contributed by atoms with Gasteiger partial charge >= 0.3 is 0 Å². The summed E-state index contributed by atoms with van der Waals surface area (Å²) in [5.74, 6) is 0. The van der Waals surface area contributed by atoms with Crippen molar-refractivity contribution in [2.24, 2.45) is 0 Å². The van der Waals surface area contributed by atoms with Crippen molar-refractivity contribution in [3.63, 3.8) is 0 Å². The molecule has 1 nitrogen and oxygen atoms in total. The SMILES string of the molecule is [CH2]C=Cc1ccc(-c2ccccn2)s1. The van der Waals surface area contributed by atoms with Crippen molar-refractivity contribution in [2.45, 2.75) is 0 Å². The number of aromatic nitrogens is 1. The van der Waals surface area contributed by atoms with Gasteiger partial charge in [-0.2, -0.15) is 0 Å². The van der Waals surface area contributed by atoms with Gasteiger partial charge in [0.1, 0.15) is 0 Å². The summed E-state index contributed by atoms with van der Waals surface area (Å²) in [4.78, 5) is 6.70. The van der Waals surface area contributed by atoms with Crippen molar-refractivity contribution in [1.29, 1.82) is 0 Å². The normalized spacial score (nSPS) is 10.9. The number of thiophene rings is 1. The van der Waals surface area contributed by atoms with E-state index in [0.29, 0.717) is 0 Å². The van der Waals surface area contributed by atoms with Crippen LogP contribution >= 0.6 is 11.3 Å². The summed E-state index contributed by atoms with van der Waals surface area (Å²) in [7, 11) is 0. The van der Waals surface area contributed by atoms with E-state index in [0.717, 1.165) is 5.69 Å². The lowest BCUT2D eigenvalue weighted by Crippen LogP contribution is -1.75. The van der Waals surface area contributed by atoms with Crippen LogP contribution in [0.1, 0.15) is 4.88 Å². The maximum absolute atomic E-state index is 4.29. The summed E-state index contributed by atoms with van der Waals surface area (Å²) in [5.41, 5.74) is 1.03. The highest BCUT2D eigenvalue weighted by molar-refractivity contribution is 7.16. The first-order valence-electron chi connectivity index (χ1n) is 4.37. The van der Waals surface area contributed by atoms with Gasteiger partial charge in [0.25, 0.3) is 0 Å². The van der Waals surface area contributed by atoms with Gasteiger partial charge in [0.2, 0.25) is 0 Å². The molecule has 0 N–H and O–H groups in total. The Morgan fingerprint density at radius 3 is 2.86 bits per heavy atom. The molecule has 0 unspecified atom stereocenters. The summed E-state index contributed by atoms with van der Waals surface area (Å²) < 4.78 is 0. The second kappa shape index (κ2) is 4.20. The summed E-state index contributed by atoms with van der Waals surface area (Å²) in [6.45, 7) is 3.67. The van der Waals surface area contributed by atoms with E-state index >= 15 is 0 Å². The minimum absolute atomic E-state index is 1.03. The maximum atomic E-state index is 4.29. The van der Waals surface area contributed by atoms with Crippen molar-refractivity contribution in [1.82, 2.24) is 4.98 Å². The number of hydrogen-bond donors (Lipinski definition) is 0. The van der Waals surface area contributed by atoms with Gasteiger partial charge in [0.05, 0.1) is 10.6 Å². The Bertz CT molecular complexity index is 429. The average molecular weight is 200 g/mol. The zero-order chi connectivity index (χ0) is 9.80. The molecule has 2 heteroatoms. The fraction of sp³-hybridized carbons (Fsp3) is 0. The van der Waals surface area contributed by atoms with E-state index in [1.807, 2.05) is 30.5 Å². The summed E-state index contributed by atoms with van der Waals surface area (Å²) >= 11 is 1.72. The minimum atomic E-state index is 1.03. The second-order valence-electron chi connectivity index (χ2n) is 2.82. The molecule has 0 spiro atoms. The van der Waals surface area contributed by atoms with E-state index in [-0.39, 0.29) is 0 Å². The van der Waals surface area contributed by atoms with Crippen LogP contribution < -0.4 is 0 Å². The molecule has 0 aliphatic rings. The van der Waals surface area contributed by atoms with Gasteiger partial charge in [-0.25, -0.2) is 0 Å². The molecule has 0 amide bonds. The molecule has 0 bridgehead atoms. The van der Waals surface area contributed by atoms with Gasteiger partial charge in [0, 0.05) is 11.1 Å². The van der Waals surface area contributed by atoms with Crippen molar-refractivity contribution in [3.8, 4) is 10.6 Å². The van der Waals surface area contributed by atoms with Crippen LogP contribution in [0.25, 0.3) is 16.6 Å². The highest BCUT2D eigenvalue weighted by atomic mass is 32.1. The highest BCUT2D eigenvalue weighted by Crippen LogP contribution is 2.26. The van der Waals surface area contributed by atoms with E-state index in [1.165, 1.54) is 9.75 Å².